The molecule has 0 aliphatic carbocycles. The van der Waals surface area contributed by atoms with Gasteiger partial charge in [-0.25, -0.2) is 9.97 Å². The Morgan fingerprint density at radius 3 is 2.63 bits per heavy atom. The maximum atomic E-state index is 4.53. The molecular formula is C13H23N5S. The molecule has 106 valence electrons. The topological polar surface area (TPSA) is 53.1 Å². The molecule has 0 amide bonds. The summed E-state index contributed by atoms with van der Waals surface area (Å²) in [6, 6.07) is 2.52. The number of thioether (sulfide) groups is 1. The molecule has 0 bridgehead atoms. The van der Waals surface area contributed by atoms with Gasteiger partial charge in [-0.3, -0.25) is 0 Å². The summed E-state index contributed by atoms with van der Waals surface area (Å²) in [5, 5.41) is 7.61. The number of aromatic nitrogens is 2. The third-order valence-corrected chi connectivity index (χ3v) is 3.86. The molecule has 1 saturated heterocycles. The molecule has 1 aromatic heterocycles. The van der Waals surface area contributed by atoms with Crippen molar-refractivity contribution in [3.63, 3.8) is 0 Å². The summed E-state index contributed by atoms with van der Waals surface area (Å²) in [6.45, 7) is 5.25. The Kier molecular flexibility index (Phi) is 5.27. The van der Waals surface area contributed by atoms with E-state index in [1.807, 2.05) is 12.3 Å². The monoisotopic (exact) mass is 281 g/mol. The molecule has 6 heteroatoms. The quantitative estimate of drug-likeness (QED) is 0.637. The highest BCUT2D eigenvalue weighted by Crippen LogP contribution is 2.20. The number of piperidine rings is 1. The van der Waals surface area contributed by atoms with Crippen molar-refractivity contribution >= 4 is 23.4 Å². The molecular weight excluding hydrogens is 258 g/mol. The lowest BCUT2D eigenvalue weighted by molar-refractivity contribution is 0.263. The summed E-state index contributed by atoms with van der Waals surface area (Å²) in [5.74, 6) is 1.84. The second kappa shape index (κ2) is 6.96. The Labute approximate surface area is 119 Å². The van der Waals surface area contributed by atoms with Gasteiger partial charge in [-0.2, -0.15) is 0 Å². The standard InChI is InChI=1S/C13H23N5S/c1-4-14-11-9-12(17-13(16-11)19-3)15-10-5-7-18(2)8-6-10/h9-10H,4-8H2,1-3H3,(H2,14,15,16,17). The lowest BCUT2D eigenvalue weighted by atomic mass is 10.1. The van der Waals surface area contributed by atoms with E-state index in [9.17, 15) is 0 Å². The molecule has 2 N–H and O–H groups in total. The molecule has 1 aliphatic heterocycles. The molecule has 5 nitrogen and oxygen atoms in total. The zero-order valence-electron chi connectivity index (χ0n) is 11.9. The highest BCUT2D eigenvalue weighted by Gasteiger charge is 2.17. The van der Waals surface area contributed by atoms with Crippen LogP contribution in [0.3, 0.4) is 0 Å². The summed E-state index contributed by atoms with van der Waals surface area (Å²) in [5.41, 5.74) is 0. The molecule has 1 aromatic rings. The van der Waals surface area contributed by atoms with Gasteiger partial charge in [0.05, 0.1) is 0 Å². The second-order valence-electron chi connectivity index (χ2n) is 4.88. The fraction of sp³-hybridized carbons (Fsp3) is 0.692. The van der Waals surface area contributed by atoms with Crippen molar-refractivity contribution in [3.8, 4) is 0 Å². The van der Waals surface area contributed by atoms with Crippen LogP contribution in [0.4, 0.5) is 11.6 Å². The summed E-state index contributed by atoms with van der Waals surface area (Å²) in [7, 11) is 2.18. The Bertz CT molecular complexity index is 404. The Balaban J connectivity index is 2.04. The molecule has 0 radical (unpaired) electrons. The van der Waals surface area contributed by atoms with Gasteiger partial charge in [0.1, 0.15) is 11.6 Å². The molecule has 0 aromatic carbocycles. The zero-order chi connectivity index (χ0) is 13.7. The van der Waals surface area contributed by atoms with E-state index in [1.54, 1.807) is 11.8 Å². The maximum Gasteiger partial charge on any atom is 0.191 e. The van der Waals surface area contributed by atoms with Crippen molar-refractivity contribution < 1.29 is 0 Å². The highest BCUT2D eigenvalue weighted by atomic mass is 32.2. The normalized spacial score (nSPS) is 17.4. The molecule has 19 heavy (non-hydrogen) atoms. The predicted octanol–water partition coefficient (Wildman–Crippen LogP) is 2.14. The lowest BCUT2D eigenvalue weighted by Gasteiger charge is -2.29. The van der Waals surface area contributed by atoms with Crippen LogP contribution < -0.4 is 10.6 Å². The Hall–Kier alpha value is -1.01. The van der Waals surface area contributed by atoms with Crippen LogP contribution in [0.1, 0.15) is 19.8 Å². The van der Waals surface area contributed by atoms with Crippen molar-refractivity contribution in [1.82, 2.24) is 14.9 Å². The third kappa shape index (κ3) is 4.24. The van der Waals surface area contributed by atoms with E-state index < -0.39 is 0 Å². The first-order valence-corrected chi connectivity index (χ1v) is 8.05. The number of hydrogen-bond donors (Lipinski definition) is 2. The van der Waals surface area contributed by atoms with E-state index in [1.165, 1.54) is 12.8 Å². The minimum atomic E-state index is 0.523. The predicted molar refractivity (Wildman–Crippen MR) is 82.1 cm³/mol. The van der Waals surface area contributed by atoms with Gasteiger partial charge in [0.15, 0.2) is 5.16 Å². The van der Waals surface area contributed by atoms with E-state index in [4.69, 9.17) is 0 Å². The lowest BCUT2D eigenvalue weighted by Crippen LogP contribution is -2.36. The third-order valence-electron chi connectivity index (χ3n) is 3.32. The maximum absolute atomic E-state index is 4.53. The van der Waals surface area contributed by atoms with E-state index in [0.717, 1.165) is 36.4 Å². The van der Waals surface area contributed by atoms with Crippen LogP contribution in [0.2, 0.25) is 0 Å². The van der Waals surface area contributed by atoms with Gasteiger partial charge in [0.2, 0.25) is 0 Å². The van der Waals surface area contributed by atoms with Crippen LogP contribution in [0.15, 0.2) is 11.2 Å². The summed E-state index contributed by atoms with van der Waals surface area (Å²) >= 11 is 1.57. The van der Waals surface area contributed by atoms with E-state index in [0.29, 0.717) is 6.04 Å². The number of anilines is 2. The number of likely N-dealkylation sites (tertiary alicyclic amines) is 1. The largest absolute Gasteiger partial charge is 0.370 e. The van der Waals surface area contributed by atoms with Crippen LogP contribution in [-0.2, 0) is 0 Å². The Morgan fingerprint density at radius 1 is 1.32 bits per heavy atom. The van der Waals surface area contributed by atoms with Crippen molar-refractivity contribution in [2.45, 2.75) is 31.0 Å². The number of hydrogen-bond acceptors (Lipinski definition) is 6. The minimum absolute atomic E-state index is 0.523. The van der Waals surface area contributed by atoms with Gasteiger partial charge in [0, 0.05) is 18.7 Å². The van der Waals surface area contributed by atoms with Crippen molar-refractivity contribution in [3.05, 3.63) is 6.07 Å². The SMILES string of the molecule is CCNc1cc(NC2CCN(C)CC2)nc(SC)n1. The van der Waals surface area contributed by atoms with Gasteiger partial charge in [-0.05, 0) is 46.2 Å². The highest BCUT2D eigenvalue weighted by molar-refractivity contribution is 7.98. The molecule has 2 rings (SSSR count). The summed E-state index contributed by atoms with van der Waals surface area (Å²) < 4.78 is 0. The molecule has 0 spiro atoms. The minimum Gasteiger partial charge on any atom is -0.370 e. The van der Waals surface area contributed by atoms with Gasteiger partial charge < -0.3 is 15.5 Å². The number of nitrogens with zero attached hydrogens (tertiary/aromatic N) is 3. The first-order valence-electron chi connectivity index (χ1n) is 6.83. The van der Waals surface area contributed by atoms with Gasteiger partial charge in [0.25, 0.3) is 0 Å². The van der Waals surface area contributed by atoms with Gasteiger partial charge in [-0.15, -0.1) is 0 Å². The first-order chi connectivity index (χ1) is 9.21. The van der Waals surface area contributed by atoms with Crippen LogP contribution >= 0.6 is 11.8 Å². The van der Waals surface area contributed by atoms with Crippen LogP contribution in [0, 0.1) is 0 Å². The van der Waals surface area contributed by atoms with Crippen molar-refractivity contribution in [1.29, 1.82) is 0 Å². The number of nitrogens with one attached hydrogen (secondary N) is 2. The Morgan fingerprint density at radius 2 is 2.00 bits per heavy atom. The summed E-state index contributed by atoms with van der Waals surface area (Å²) in [6.07, 6.45) is 4.35. The van der Waals surface area contributed by atoms with Crippen molar-refractivity contribution in [2.75, 3.05) is 43.6 Å². The molecule has 0 atom stereocenters. The van der Waals surface area contributed by atoms with Crippen LogP contribution in [-0.4, -0.2) is 53.8 Å². The van der Waals surface area contributed by atoms with E-state index in [2.05, 4.69) is 39.5 Å². The van der Waals surface area contributed by atoms with Crippen molar-refractivity contribution in [2.24, 2.45) is 0 Å². The zero-order valence-corrected chi connectivity index (χ0v) is 12.8. The van der Waals surface area contributed by atoms with E-state index >= 15 is 0 Å². The smallest absolute Gasteiger partial charge is 0.191 e. The first kappa shape index (κ1) is 14.4. The van der Waals surface area contributed by atoms with E-state index in [-0.39, 0.29) is 0 Å². The average molecular weight is 281 g/mol. The van der Waals surface area contributed by atoms with Gasteiger partial charge >= 0.3 is 0 Å². The molecule has 1 aliphatic rings. The summed E-state index contributed by atoms with van der Waals surface area (Å²) in [4.78, 5) is 11.3. The van der Waals surface area contributed by atoms with Crippen LogP contribution in [0.5, 0.6) is 0 Å². The fourth-order valence-corrected chi connectivity index (χ4v) is 2.60. The second-order valence-corrected chi connectivity index (χ2v) is 5.65. The molecule has 1 fully saturated rings. The fourth-order valence-electron chi connectivity index (χ4n) is 2.22. The van der Waals surface area contributed by atoms with Gasteiger partial charge in [-0.1, -0.05) is 11.8 Å². The molecule has 0 unspecified atom stereocenters. The van der Waals surface area contributed by atoms with Crippen LogP contribution in [0.25, 0.3) is 0 Å². The molecule has 2 heterocycles. The number of rotatable bonds is 5. The average Bonchev–Trinajstić information content (AvgIpc) is 2.41. The molecule has 0 saturated carbocycles.